The summed E-state index contributed by atoms with van der Waals surface area (Å²) in [4.78, 5) is 14.9. The van der Waals surface area contributed by atoms with Gasteiger partial charge in [-0.3, -0.25) is 4.90 Å². The summed E-state index contributed by atoms with van der Waals surface area (Å²) in [5.41, 5.74) is 4.34. The number of hydrogen-bond donors (Lipinski definition) is 2. The Bertz CT molecular complexity index is 790. The summed E-state index contributed by atoms with van der Waals surface area (Å²) in [6, 6.07) is 13.9. The number of nitrogens with zero attached hydrogens (tertiary/aromatic N) is 1. The molecular weight excluding hydrogens is 314 g/mol. The number of hydrogen-bond acceptors (Lipinski definition) is 3. The fourth-order valence-corrected chi connectivity index (χ4v) is 3.91. The Morgan fingerprint density at radius 1 is 1.12 bits per heavy atom. The van der Waals surface area contributed by atoms with E-state index in [-0.39, 0.29) is 6.03 Å². The minimum absolute atomic E-state index is 0.243. The second-order valence-electron chi connectivity index (χ2n) is 6.67. The SMILES string of the molecule is COc1cccc(NC(=O)Nc2ccc3c(c2)C2CCCN2CC3)c1. The van der Waals surface area contributed by atoms with Crippen molar-refractivity contribution in [3.05, 3.63) is 53.6 Å². The summed E-state index contributed by atoms with van der Waals surface area (Å²) >= 11 is 0. The van der Waals surface area contributed by atoms with Gasteiger partial charge in [0.1, 0.15) is 5.75 Å². The lowest BCUT2D eigenvalue weighted by Gasteiger charge is -2.32. The lowest BCUT2D eigenvalue weighted by atomic mass is 9.92. The quantitative estimate of drug-likeness (QED) is 0.889. The predicted molar refractivity (Wildman–Crippen MR) is 99.3 cm³/mol. The predicted octanol–water partition coefficient (Wildman–Crippen LogP) is 4.03. The molecule has 0 bridgehead atoms. The summed E-state index contributed by atoms with van der Waals surface area (Å²) in [6.45, 7) is 2.35. The maximum atomic E-state index is 12.3. The van der Waals surface area contributed by atoms with Gasteiger partial charge in [-0.15, -0.1) is 0 Å². The summed E-state index contributed by atoms with van der Waals surface area (Å²) in [7, 11) is 1.61. The molecule has 25 heavy (non-hydrogen) atoms. The molecule has 2 aromatic carbocycles. The summed E-state index contributed by atoms with van der Waals surface area (Å²) < 4.78 is 5.18. The summed E-state index contributed by atoms with van der Waals surface area (Å²) in [5.74, 6) is 0.716. The Morgan fingerprint density at radius 2 is 1.96 bits per heavy atom. The number of methoxy groups -OCH3 is 1. The highest BCUT2D eigenvalue weighted by Crippen LogP contribution is 2.38. The normalized spacial score (nSPS) is 19.0. The van der Waals surface area contributed by atoms with Crippen LogP contribution in [-0.2, 0) is 6.42 Å². The van der Waals surface area contributed by atoms with Crippen molar-refractivity contribution in [2.75, 3.05) is 30.8 Å². The Hall–Kier alpha value is -2.53. The van der Waals surface area contributed by atoms with Crippen molar-refractivity contribution in [2.24, 2.45) is 0 Å². The van der Waals surface area contributed by atoms with E-state index >= 15 is 0 Å². The minimum atomic E-state index is -0.243. The first kappa shape index (κ1) is 16.0. The number of nitrogens with one attached hydrogen (secondary N) is 2. The standard InChI is InChI=1S/C20H23N3O2/c1-25-17-5-2-4-15(12-17)21-20(24)22-16-8-7-14-9-11-23-10-3-6-19(23)18(14)13-16/h2,4-5,7-8,12-13,19H,3,6,9-11H2,1H3,(H2,21,22,24). The van der Waals surface area contributed by atoms with Crippen molar-refractivity contribution in [1.82, 2.24) is 4.90 Å². The third-order valence-corrected chi connectivity index (χ3v) is 5.12. The van der Waals surface area contributed by atoms with Gasteiger partial charge in [-0.2, -0.15) is 0 Å². The van der Waals surface area contributed by atoms with Gasteiger partial charge >= 0.3 is 6.03 Å². The van der Waals surface area contributed by atoms with Gasteiger partial charge in [0.05, 0.1) is 7.11 Å². The molecule has 0 spiro atoms. The van der Waals surface area contributed by atoms with Gasteiger partial charge in [-0.1, -0.05) is 12.1 Å². The molecule has 5 heteroatoms. The topological polar surface area (TPSA) is 53.6 Å². The zero-order chi connectivity index (χ0) is 17.2. The van der Waals surface area contributed by atoms with Crippen LogP contribution in [0.1, 0.15) is 30.0 Å². The van der Waals surface area contributed by atoms with Crippen LogP contribution >= 0.6 is 0 Å². The summed E-state index contributed by atoms with van der Waals surface area (Å²) in [5, 5.41) is 5.80. The smallest absolute Gasteiger partial charge is 0.323 e. The van der Waals surface area contributed by atoms with Gasteiger partial charge < -0.3 is 15.4 Å². The van der Waals surface area contributed by atoms with E-state index in [2.05, 4.69) is 27.7 Å². The average molecular weight is 337 g/mol. The third-order valence-electron chi connectivity index (χ3n) is 5.12. The fraction of sp³-hybridized carbons (Fsp3) is 0.350. The van der Waals surface area contributed by atoms with Crippen LogP contribution < -0.4 is 15.4 Å². The van der Waals surface area contributed by atoms with Crippen LogP contribution in [0.25, 0.3) is 0 Å². The van der Waals surface area contributed by atoms with Gasteiger partial charge in [0.15, 0.2) is 0 Å². The highest BCUT2D eigenvalue weighted by atomic mass is 16.5. The molecule has 0 aliphatic carbocycles. The van der Waals surface area contributed by atoms with E-state index in [0.717, 1.165) is 18.7 Å². The molecule has 1 saturated heterocycles. The Labute approximate surface area is 148 Å². The molecule has 2 N–H and O–H groups in total. The first-order chi connectivity index (χ1) is 12.2. The molecule has 2 heterocycles. The molecule has 0 saturated carbocycles. The number of benzene rings is 2. The molecule has 2 amide bonds. The van der Waals surface area contributed by atoms with Gasteiger partial charge in [-0.05, 0) is 61.2 Å². The molecule has 0 aromatic heterocycles. The number of fused-ring (bicyclic) bond motifs is 3. The van der Waals surface area contributed by atoms with E-state index in [9.17, 15) is 4.79 Å². The molecule has 0 radical (unpaired) electrons. The average Bonchev–Trinajstić information content (AvgIpc) is 3.11. The molecular formula is C20H23N3O2. The number of anilines is 2. The van der Waals surface area contributed by atoms with Crippen LogP contribution in [0.4, 0.5) is 16.2 Å². The monoisotopic (exact) mass is 337 g/mol. The Balaban J connectivity index is 1.47. The molecule has 1 fully saturated rings. The molecule has 1 unspecified atom stereocenters. The van der Waals surface area contributed by atoms with Crippen LogP contribution in [-0.4, -0.2) is 31.1 Å². The largest absolute Gasteiger partial charge is 0.497 e. The zero-order valence-corrected chi connectivity index (χ0v) is 14.4. The first-order valence-electron chi connectivity index (χ1n) is 8.82. The molecule has 1 atom stereocenters. The van der Waals surface area contributed by atoms with Crippen molar-refractivity contribution in [2.45, 2.75) is 25.3 Å². The molecule has 2 aromatic rings. The lowest BCUT2D eigenvalue weighted by molar-refractivity contribution is 0.244. The molecule has 5 nitrogen and oxygen atoms in total. The number of carbonyl (C=O) groups is 1. The van der Waals surface area contributed by atoms with Crippen molar-refractivity contribution < 1.29 is 9.53 Å². The van der Waals surface area contributed by atoms with E-state index in [1.165, 1.54) is 30.5 Å². The third kappa shape index (κ3) is 3.33. The highest BCUT2D eigenvalue weighted by molar-refractivity contribution is 5.99. The minimum Gasteiger partial charge on any atom is -0.497 e. The van der Waals surface area contributed by atoms with Crippen LogP contribution in [0, 0.1) is 0 Å². The van der Waals surface area contributed by atoms with Crippen molar-refractivity contribution >= 4 is 17.4 Å². The van der Waals surface area contributed by atoms with E-state index in [1.807, 2.05) is 24.3 Å². The van der Waals surface area contributed by atoms with Crippen LogP contribution in [0.2, 0.25) is 0 Å². The molecule has 2 aliphatic rings. The Morgan fingerprint density at radius 3 is 2.80 bits per heavy atom. The van der Waals surface area contributed by atoms with Crippen LogP contribution in [0.3, 0.4) is 0 Å². The van der Waals surface area contributed by atoms with Crippen molar-refractivity contribution in [1.29, 1.82) is 0 Å². The lowest BCUT2D eigenvalue weighted by Crippen LogP contribution is -2.31. The van der Waals surface area contributed by atoms with Gasteiger partial charge in [0.25, 0.3) is 0 Å². The van der Waals surface area contributed by atoms with E-state index in [1.54, 1.807) is 13.2 Å². The number of amides is 2. The maximum absolute atomic E-state index is 12.3. The number of urea groups is 1. The van der Waals surface area contributed by atoms with Gasteiger partial charge in [-0.25, -0.2) is 4.79 Å². The second-order valence-corrected chi connectivity index (χ2v) is 6.67. The second kappa shape index (κ2) is 6.76. The van der Waals surface area contributed by atoms with Gasteiger partial charge in [0, 0.05) is 30.0 Å². The summed E-state index contributed by atoms with van der Waals surface area (Å²) in [6.07, 6.45) is 3.58. The van der Waals surface area contributed by atoms with Gasteiger partial charge in [0.2, 0.25) is 0 Å². The molecule has 2 aliphatic heterocycles. The first-order valence-corrected chi connectivity index (χ1v) is 8.82. The highest BCUT2D eigenvalue weighted by Gasteiger charge is 2.31. The Kier molecular flexibility index (Phi) is 4.32. The molecule has 4 rings (SSSR count). The number of carbonyl (C=O) groups excluding carboxylic acids is 1. The number of rotatable bonds is 3. The van der Waals surface area contributed by atoms with E-state index < -0.39 is 0 Å². The van der Waals surface area contributed by atoms with E-state index in [0.29, 0.717) is 17.5 Å². The zero-order valence-electron chi connectivity index (χ0n) is 14.4. The molecule has 130 valence electrons. The van der Waals surface area contributed by atoms with Crippen molar-refractivity contribution in [3.63, 3.8) is 0 Å². The maximum Gasteiger partial charge on any atom is 0.323 e. The fourth-order valence-electron chi connectivity index (χ4n) is 3.91. The van der Waals surface area contributed by atoms with Crippen LogP contribution in [0.15, 0.2) is 42.5 Å². The van der Waals surface area contributed by atoms with Crippen LogP contribution in [0.5, 0.6) is 5.75 Å². The van der Waals surface area contributed by atoms with E-state index in [4.69, 9.17) is 4.74 Å². The number of ether oxygens (including phenoxy) is 1. The van der Waals surface area contributed by atoms with Crippen molar-refractivity contribution in [3.8, 4) is 5.75 Å².